The summed E-state index contributed by atoms with van der Waals surface area (Å²) < 4.78 is 8.32. The largest absolute Gasteiger partial charge is 0.457 e. The zero-order valence-electron chi connectivity index (χ0n) is 10.6. The molecule has 0 aliphatic carbocycles. The van der Waals surface area contributed by atoms with Gasteiger partial charge in [0.25, 0.3) is 0 Å². The molecule has 0 bridgehead atoms. The molecule has 0 saturated carbocycles. The number of furan rings is 1. The van der Waals surface area contributed by atoms with Gasteiger partial charge in [0.2, 0.25) is 0 Å². The number of hydrogen-bond acceptors (Lipinski definition) is 2. The van der Waals surface area contributed by atoms with Crippen molar-refractivity contribution in [3.63, 3.8) is 0 Å². The molecule has 0 aliphatic heterocycles. The average Bonchev–Trinajstić information content (AvgIpc) is 2.77. The number of halogens is 3. The summed E-state index contributed by atoms with van der Waals surface area (Å²) in [4.78, 5) is 0. The van der Waals surface area contributed by atoms with Gasteiger partial charge >= 0.3 is 0 Å². The standard InChI is InChI=1S/C14H14Br3NO/c1-3-18-13(9-4-5-19-14(9)17)10-7-11(15)8(2)6-12(10)16/h4-7,13,18H,3H2,1-2H3. The van der Waals surface area contributed by atoms with Crippen molar-refractivity contribution >= 4 is 47.8 Å². The van der Waals surface area contributed by atoms with Crippen molar-refractivity contribution in [1.82, 2.24) is 5.32 Å². The molecule has 2 nitrogen and oxygen atoms in total. The highest BCUT2D eigenvalue weighted by Gasteiger charge is 2.21. The molecule has 0 amide bonds. The minimum absolute atomic E-state index is 0.0874. The third-order valence-corrected chi connectivity index (χ3v) is 5.14. The van der Waals surface area contributed by atoms with Gasteiger partial charge in [-0.15, -0.1) is 0 Å². The Morgan fingerprint density at radius 3 is 2.47 bits per heavy atom. The second kappa shape index (κ2) is 6.57. The normalized spacial score (nSPS) is 12.7. The van der Waals surface area contributed by atoms with Crippen molar-refractivity contribution < 1.29 is 4.42 Å². The number of nitrogens with one attached hydrogen (secondary N) is 1. The molecule has 1 unspecified atom stereocenters. The van der Waals surface area contributed by atoms with E-state index in [1.54, 1.807) is 6.26 Å². The minimum atomic E-state index is 0.0874. The molecule has 5 heteroatoms. The molecule has 0 spiro atoms. The molecular weight excluding hydrogens is 438 g/mol. The SMILES string of the molecule is CCNC(c1cc(Br)c(C)cc1Br)c1ccoc1Br. The van der Waals surface area contributed by atoms with E-state index >= 15 is 0 Å². The van der Waals surface area contributed by atoms with Crippen molar-refractivity contribution in [3.8, 4) is 0 Å². The van der Waals surface area contributed by atoms with Crippen molar-refractivity contribution in [1.29, 1.82) is 0 Å². The molecular formula is C14H14Br3NO. The summed E-state index contributed by atoms with van der Waals surface area (Å²) in [6.45, 7) is 5.05. The first-order chi connectivity index (χ1) is 9.04. The van der Waals surface area contributed by atoms with Crippen LogP contribution in [0.2, 0.25) is 0 Å². The second-order valence-corrected chi connectivity index (χ2v) is 6.69. The van der Waals surface area contributed by atoms with E-state index in [-0.39, 0.29) is 6.04 Å². The van der Waals surface area contributed by atoms with Crippen LogP contribution in [0, 0.1) is 6.92 Å². The first-order valence-corrected chi connectivity index (χ1v) is 8.34. The molecule has 0 saturated heterocycles. The molecule has 0 fully saturated rings. The first kappa shape index (κ1) is 15.3. The topological polar surface area (TPSA) is 25.2 Å². The molecule has 1 aromatic carbocycles. The molecule has 0 radical (unpaired) electrons. The average molecular weight is 452 g/mol. The van der Waals surface area contributed by atoms with Gasteiger partial charge in [0, 0.05) is 14.5 Å². The van der Waals surface area contributed by atoms with Gasteiger partial charge in [-0.1, -0.05) is 38.8 Å². The Morgan fingerprint density at radius 1 is 1.16 bits per heavy atom. The molecule has 2 aromatic rings. The van der Waals surface area contributed by atoms with Crippen LogP contribution >= 0.6 is 47.8 Å². The monoisotopic (exact) mass is 449 g/mol. The maximum atomic E-state index is 5.36. The third kappa shape index (κ3) is 3.32. The van der Waals surface area contributed by atoms with Gasteiger partial charge in [-0.25, -0.2) is 0 Å². The molecule has 1 N–H and O–H groups in total. The Hall–Kier alpha value is -0.100. The summed E-state index contributed by atoms with van der Waals surface area (Å²) in [5, 5.41) is 3.49. The van der Waals surface area contributed by atoms with E-state index in [1.807, 2.05) is 6.07 Å². The van der Waals surface area contributed by atoms with Gasteiger partial charge < -0.3 is 9.73 Å². The highest BCUT2D eigenvalue weighted by atomic mass is 79.9. The predicted molar refractivity (Wildman–Crippen MR) is 88.5 cm³/mol. The zero-order valence-corrected chi connectivity index (χ0v) is 15.4. The Morgan fingerprint density at radius 2 is 1.89 bits per heavy atom. The van der Waals surface area contributed by atoms with E-state index in [1.165, 1.54) is 11.1 Å². The quantitative estimate of drug-likeness (QED) is 0.657. The van der Waals surface area contributed by atoms with Crippen LogP contribution in [0.3, 0.4) is 0 Å². The van der Waals surface area contributed by atoms with Gasteiger partial charge in [-0.2, -0.15) is 0 Å². The summed E-state index contributed by atoms with van der Waals surface area (Å²) in [7, 11) is 0. The maximum absolute atomic E-state index is 5.36. The predicted octanol–water partition coefficient (Wildman–Crippen LogP) is 5.57. The van der Waals surface area contributed by atoms with Crippen LogP contribution in [0.5, 0.6) is 0 Å². The van der Waals surface area contributed by atoms with Crippen molar-refractivity contribution in [2.24, 2.45) is 0 Å². The van der Waals surface area contributed by atoms with Crippen LogP contribution in [0.4, 0.5) is 0 Å². The number of aryl methyl sites for hydroxylation is 1. The third-order valence-electron chi connectivity index (χ3n) is 2.95. The fourth-order valence-corrected chi connectivity index (χ4v) is 3.50. The number of hydrogen-bond donors (Lipinski definition) is 1. The van der Waals surface area contributed by atoms with Gasteiger partial charge in [0.1, 0.15) is 0 Å². The fraction of sp³-hybridized carbons (Fsp3) is 0.286. The van der Waals surface area contributed by atoms with Crippen LogP contribution in [-0.2, 0) is 0 Å². The maximum Gasteiger partial charge on any atom is 0.174 e. The van der Waals surface area contributed by atoms with E-state index in [0.717, 1.165) is 25.7 Å². The Kier molecular flexibility index (Phi) is 5.29. The highest BCUT2D eigenvalue weighted by Crippen LogP contribution is 2.36. The first-order valence-electron chi connectivity index (χ1n) is 5.96. The lowest BCUT2D eigenvalue weighted by Gasteiger charge is -2.20. The summed E-state index contributed by atoms with van der Waals surface area (Å²) in [5.74, 6) is 0. The summed E-state index contributed by atoms with van der Waals surface area (Å²) >= 11 is 10.7. The Labute approximate surface area is 138 Å². The molecule has 1 atom stereocenters. The van der Waals surface area contributed by atoms with Crippen LogP contribution in [0.25, 0.3) is 0 Å². The summed E-state index contributed by atoms with van der Waals surface area (Å²) in [5.41, 5.74) is 3.48. The van der Waals surface area contributed by atoms with E-state index < -0.39 is 0 Å². The van der Waals surface area contributed by atoms with Gasteiger partial charge in [-0.3, -0.25) is 0 Å². The van der Waals surface area contributed by atoms with E-state index in [2.05, 4.69) is 79.1 Å². The van der Waals surface area contributed by atoms with Crippen molar-refractivity contribution in [3.05, 3.63) is 54.8 Å². The minimum Gasteiger partial charge on any atom is -0.457 e. The lowest BCUT2D eigenvalue weighted by atomic mass is 10.00. The van der Waals surface area contributed by atoms with E-state index in [0.29, 0.717) is 0 Å². The summed E-state index contributed by atoms with van der Waals surface area (Å²) in [6.07, 6.45) is 1.70. The lowest BCUT2D eigenvalue weighted by molar-refractivity contribution is 0.526. The smallest absolute Gasteiger partial charge is 0.174 e. The van der Waals surface area contributed by atoms with Gasteiger partial charge in [-0.05, 0) is 58.7 Å². The molecule has 0 aliphatic rings. The lowest BCUT2D eigenvalue weighted by Crippen LogP contribution is -2.22. The number of rotatable bonds is 4. The second-order valence-electron chi connectivity index (χ2n) is 4.26. The molecule has 1 heterocycles. The van der Waals surface area contributed by atoms with Crippen LogP contribution in [0.1, 0.15) is 29.7 Å². The zero-order chi connectivity index (χ0) is 14.0. The Bertz CT molecular complexity index is 580. The molecule has 1 aromatic heterocycles. The highest BCUT2D eigenvalue weighted by molar-refractivity contribution is 9.11. The molecule has 19 heavy (non-hydrogen) atoms. The van der Waals surface area contributed by atoms with Gasteiger partial charge in [0.05, 0.1) is 12.3 Å². The van der Waals surface area contributed by atoms with Crippen molar-refractivity contribution in [2.45, 2.75) is 19.9 Å². The van der Waals surface area contributed by atoms with Crippen LogP contribution < -0.4 is 5.32 Å². The van der Waals surface area contributed by atoms with Crippen LogP contribution in [-0.4, -0.2) is 6.54 Å². The van der Waals surface area contributed by atoms with E-state index in [4.69, 9.17) is 4.42 Å². The fourth-order valence-electron chi connectivity index (χ4n) is 1.98. The Balaban J connectivity index is 2.51. The van der Waals surface area contributed by atoms with Crippen LogP contribution in [0.15, 0.2) is 42.5 Å². The van der Waals surface area contributed by atoms with E-state index in [9.17, 15) is 0 Å². The molecule has 2 rings (SSSR count). The van der Waals surface area contributed by atoms with Gasteiger partial charge in [0.15, 0.2) is 4.67 Å². The van der Waals surface area contributed by atoms with Crippen molar-refractivity contribution in [2.75, 3.05) is 6.54 Å². The number of benzene rings is 1. The molecule has 102 valence electrons. The summed E-state index contributed by atoms with van der Waals surface area (Å²) in [6, 6.07) is 6.34.